The van der Waals surface area contributed by atoms with Gasteiger partial charge < -0.3 is 15.8 Å². The number of anilines is 2. The van der Waals surface area contributed by atoms with Crippen LogP contribution in [0.2, 0.25) is 0 Å². The lowest BCUT2D eigenvalue weighted by molar-refractivity contribution is 0.322. The minimum Gasteiger partial charge on any atom is -0.491 e. The molecule has 1 aromatic carbocycles. The van der Waals surface area contributed by atoms with E-state index in [9.17, 15) is 4.39 Å². The number of nitrogens with two attached hydrogens (primary N) is 1. The summed E-state index contributed by atoms with van der Waals surface area (Å²) in [5, 5.41) is 3.25. The number of halogens is 1. The van der Waals surface area contributed by atoms with Crippen LogP contribution in [0.1, 0.15) is 27.7 Å². The molecule has 0 amide bonds. The lowest BCUT2D eigenvalue weighted by atomic mass is 9.98. The molecule has 0 radical (unpaired) electrons. The van der Waals surface area contributed by atoms with Gasteiger partial charge in [-0.1, -0.05) is 20.8 Å². The lowest BCUT2D eigenvalue weighted by Crippen LogP contribution is -2.17. The van der Waals surface area contributed by atoms with E-state index in [0.29, 0.717) is 24.1 Å². The van der Waals surface area contributed by atoms with Gasteiger partial charge >= 0.3 is 0 Å². The van der Waals surface area contributed by atoms with Crippen molar-refractivity contribution in [1.82, 2.24) is 0 Å². The zero-order valence-corrected chi connectivity index (χ0v) is 11.6. The largest absolute Gasteiger partial charge is 0.491 e. The van der Waals surface area contributed by atoms with Crippen LogP contribution in [0.25, 0.3) is 0 Å². The summed E-state index contributed by atoms with van der Waals surface area (Å²) in [6.07, 6.45) is 0. The summed E-state index contributed by atoms with van der Waals surface area (Å²) >= 11 is 0. The quantitative estimate of drug-likeness (QED) is 0.764. The van der Waals surface area contributed by atoms with Crippen molar-refractivity contribution in [2.75, 3.05) is 24.2 Å². The Hall–Kier alpha value is -1.45. The highest BCUT2D eigenvalue weighted by Gasteiger charge is 2.11. The first-order chi connectivity index (χ1) is 8.45. The Balaban J connectivity index is 2.78. The summed E-state index contributed by atoms with van der Waals surface area (Å²) in [4.78, 5) is 0. The van der Waals surface area contributed by atoms with E-state index in [-0.39, 0.29) is 5.75 Å². The van der Waals surface area contributed by atoms with Gasteiger partial charge in [-0.3, -0.25) is 0 Å². The molecule has 0 aliphatic heterocycles. The number of hydrogen-bond donors (Lipinski definition) is 2. The number of nitrogens with one attached hydrogen (secondary N) is 1. The second-order valence-electron chi connectivity index (χ2n) is 4.91. The summed E-state index contributed by atoms with van der Waals surface area (Å²) in [5.41, 5.74) is 6.93. The molecular weight excluding hydrogens is 231 g/mol. The third-order valence-electron chi connectivity index (χ3n) is 3.16. The topological polar surface area (TPSA) is 47.3 Å². The average molecular weight is 254 g/mol. The highest BCUT2D eigenvalue weighted by Crippen LogP contribution is 2.28. The maximum atomic E-state index is 13.5. The smallest absolute Gasteiger partial charge is 0.167 e. The van der Waals surface area contributed by atoms with Crippen LogP contribution in [0.4, 0.5) is 15.8 Å². The molecule has 0 heterocycles. The highest BCUT2D eigenvalue weighted by molar-refractivity contribution is 5.68. The number of hydrogen-bond acceptors (Lipinski definition) is 3. The van der Waals surface area contributed by atoms with Crippen molar-refractivity contribution in [2.45, 2.75) is 27.7 Å². The normalized spacial score (nSPS) is 12.6. The van der Waals surface area contributed by atoms with Crippen LogP contribution in [0, 0.1) is 17.7 Å². The maximum absolute atomic E-state index is 13.5. The van der Waals surface area contributed by atoms with Gasteiger partial charge in [-0.2, -0.15) is 0 Å². The van der Waals surface area contributed by atoms with Crippen LogP contribution < -0.4 is 15.8 Å². The van der Waals surface area contributed by atoms with E-state index < -0.39 is 5.82 Å². The van der Waals surface area contributed by atoms with Gasteiger partial charge in [0.2, 0.25) is 0 Å². The van der Waals surface area contributed by atoms with Crippen LogP contribution in [0.15, 0.2) is 12.1 Å². The molecule has 0 aromatic heterocycles. The molecule has 3 N–H and O–H groups in total. The first-order valence-electron chi connectivity index (χ1n) is 6.41. The summed E-state index contributed by atoms with van der Waals surface area (Å²) < 4.78 is 18.7. The monoisotopic (exact) mass is 254 g/mol. The molecule has 0 saturated heterocycles. The molecule has 1 unspecified atom stereocenters. The van der Waals surface area contributed by atoms with Gasteiger partial charge in [0.25, 0.3) is 0 Å². The number of rotatable bonds is 6. The van der Waals surface area contributed by atoms with E-state index >= 15 is 0 Å². The second-order valence-corrected chi connectivity index (χ2v) is 4.91. The van der Waals surface area contributed by atoms with E-state index in [0.717, 1.165) is 12.2 Å². The first-order valence-corrected chi connectivity index (χ1v) is 6.41. The molecule has 0 bridgehead atoms. The minimum absolute atomic E-state index is 0.242. The fourth-order valence-electron chi connectivity index (χ4n) is 1.49. The van der Waals surface area contributed by atoms with Crippen molar-refractivity contribution >= 4 is 11.4 Å². The molecule has 4 heteroatoms. The Labute approximate surface area is 109 Å². The summed E-state index contributed by atoms with van der Waals surface area (Å²) in [5.74, 6) is 0.929. The molecule has 3 nitrogen and oxygen atoms in total. The lowest BCUT2D eigenvalue weighted by Gasteiger charge is -2.18. The minimum atomic E-state index is -0.420. The zero-order chi connectivity index (χ0) is 13.7. The molecule has 1 atom stereocenters. The van der Waals surface area contributed by atoms with Gasteiger partial charge in [0, 0.05) is 18.7 Å². The van der Waals surface area contributed by atoms with E-state index in [1.54, 1.807) is 6.07 Å². The molecule has 0 spiro atoms. The molecule has 18 heavy (non-hydrogen) atoms. The molecule has 0 fully saturated rings. The second kappa shape index (κ2) is 6.47. The summed E-state index contributed by atoms with van der Waals surface area (Å²) in [7, 11) is 0. The van der Waals surface area contributed by atoms with Crippen LogP contribution in [0.3, 0.4) is 0 Å². The summed E-state index contributed by atoms with van der Waals surface area (Å²) in [6, 6.07) is 2.93. The van der Waals surface area contributed by atoms with E-state index in [2.05, 4.69) is 26.1 Å². The predicted octanol–water partition coefficient (Wildman–Crippen LogP) is 3.51. The SMILES string of the molecule is CCOc1cc(NCC(C)C(C)C)c(N)cc1F. The molecule has 0 saturated carbocycles. The van der Waals surface area contributed by atoms with E-state index in [1.165, 1.54) is 6.07 Å². The average Bonchev–Trinajstić information content (AvgIpc) is 2.30. The molecule has 0 aliphatic rings. The maximum Gasteiger partial charge on any atom is 0.167 e. The first kappa shape index (κ1) is 14.6. The number of nitrogen functional groups attached to an aromatic ring is 1. The van der Waals surface area contributed by atoms with E-state index in [4.69, 9.17) is 10.5 Å². The zero-order valence-electron chi connectivity index (χ0n) is 11.6. The van der Waals surface area contributed by atoms with Crippen molar-refractivity contribution in [3.63, 3.8) is 0 Å². The molecule has 0 aliphatic carbocycles. The number of benzene rings is 1. The van der Waals surface area contributed by atoms with Gasteiger partial charge in [-0.15, -0.1) is 0 Å². The third kappa shape index (κ3) is 3.79. The van der Waals surface area contributed by atoms with Crippen LogP contribution in [-0.2, 0) is 0 Å². The van der Waals surface area contributed by atoms with Crippen molar-refractivity contribution in [1.29, 1.82) is 0 Å². The Morgan fingerprint density at radius 2 is 2.00 bits per heavy atom. The van der Waals surface area contributed by atoms with Crippen molar-refractivity contribution < 1.29 is 9.13 Å². The fraction of sp³-hybridized carbons (Fsp3) is 0.571. The van der Waals surface area contributed by atoms with Crippen molar-refractivity contribution in [3.8, 4) is 5.75 Å². The van der Waals surface area contributed by atoms with Crippen LogP contribution >= 0.6 is 0 Å². The van der Waals surface area contributed by atoms with Crippen molar-refractivity contribution in [3.05, 3.63) is 17.9 Å². The molecule has 102 valence electrons. The van der Waals surface area contributed by atoms with Gasteiger partial charge in [-0.05, 0) is 18.8 Å². The van der Waals surface area contributed by atoms with E-state index in [1.807, 2.05) is 6.92 Å². The highest BCUT2D eigenvalue weighted by atomic mass is 19.1. The molecule has 1 rings (SSSR count). The Morgan fingerprint density at radius 3 is 2.56 bits per heavy atom. The standard InChI is InChI=1S/C14H23FN2O/c1-5-18-14-7-13(12(16)6-11(14)15)17-8-10(4)9(2)3/h6-7,9-10,17H,5,8,16H2,1-4H3. The summed E-state index contributed by atoms with van der Waals surface area (Å²) in [6.45, 7) is 9.57. The van der Waals surface area contributed by atoms with Crippen molar-refractivity contribution in [2.24, 2.45) is 11.8 Å². The Kier molecular flexibility index (Phi) is 5.25. The van der Waals surface area contributed by atoms with Gasteiger partial charge in [-0.25, -0.2) is 4.39 Å². The van der Waals surface area contributed by atoms with Gasteiger partial charge in [0.15, 0.2) is 11.6 Å². The van der Waals surface area contributed by atoms with Crippen LogP contribution in [0.5, 0.6) is 5.75 Å². The van der Waals surface area contributed by atoms with Crippen LogP contribution in [-0.4, -0.2) is 13.2 Å². The molecular formula is C14H23FN2O. The van der Waals surface area contributed by atoms with Gasteiger partial charge in [0.05, 0.1) is 18.0 Å². The Bertz CT molecular complexity index is 394. The molecule has 1 aromatic rings. The Morgan fingerprint density at radius 1 is 1.33 bits per heavy atom. The third-order valence-corrected chi connectivity index (χ3v) is 3.16. The van der Waals surface area contributed by atoms with Gasteiger partial charge in [0.1, 0.15) is 0 Å². The predicted molar refractivity (Wildman–Crippen MR) is 74.5 cm³/mol. The fourth-order valence-corrected chi connectivity index (χ4v) is 1.49. The number of ether oxygens (including phenoxy) is 1.